The molecule has 146 valence electrons. The van der Waals surface area contributed by atoms with E-state index in [1.165, 1.54) is 22.0 Å². The minimum absolute atomic E-state index is 0. The average Bonchev–Trinajstić information content (AvgIpc) is 2.52. The molecule has 1 nitrogen and oxygen atoms in total. The van der Waals surface area contributed by atoms with Gasteiger partial charge in [-0.25, -0.2) is 0 Å². The summed E-state index contributed by atoms with van der Waals surface area (Å²) in [4.78, 5) is 13.3. The zero-order valence-corrected chi connectivity index (χ0v) is 20.4. The van der Waals surface area contributed by atoms with Gasteiger partial charge in [-0.1, -0.05) is 78.8 Å². The largest absolute Gasteiger partial charge is 1.00 e. The fourth-order valence-corrected chi connectivity index (χ4v) is 5.00. The molecular formula is C25H35LiOP+. The Morgan fingerprint density at radius 2 is 1.43 bits per heavy atom. The molecule has 0 fully saturated rings. The van der Waals surface area contributed by atoms with Crippen LogP contribution >= 0.6 is 8.58 Å². The van der Waals surface area contributed by atoms with Crippen molar-refractivity contribution in [1.82, 2.24) is 0 Å². The molecule has 0 aromatic heterocycles. The summed E-state index contributed by atoms with van der Waals surface area (Å²) in [6.45, 7) is 19.6. The monoisotopic (exact) mass is 389 g/mol. The van der Waals surface area contributed by atoms with Crippen molar-refractivity contribution >= 4 is 19.4 Å². The second kappa shape index (κ2) is 9.76. The Hall–Kier alpha value is -0.863. The maximum absolute atomic E-state index is 13.3. The molecule has 0 saturated heterocycles. The van der Waals surface area contributed by atoms with Crippen LogP contribution in [-0.4, -0.2) is 5.52 Å². The minimum atomic E-state index is 0. The molecule has 0 amide bonds. The summed E-state index contributed by atoms with van der Waals surface area (Å²) < 4.78 is 0. The Morgan fingerprint density at radius 1 is 0.893 bits per heavy atom. The van der Waals surface area contributed by atoms with Gasteiger partial charge in [0.15, 0.2) is 5.52 Å². The molecule has 0 N–H and O–H groups in total. The number of carbonyl (C=O) groups is 1. The molecular weight excluding hydrogens is 354 g/mol. The molecule has 0 heterocycles. The van der Waals surface area contributed by atoms with Gasteiger partial charge in [-0.2, -0.15) is 0 Å². The number of hydrogen-bond donors (Lipinski definition) is 0. The maximum Gasteiger partial charge on any atom is 1.00 e. The normalized spacial score (nSPS) is 12.1. The van der Waals surface area contributed by atoms with Crippen LogP contribution in [0.3, 0.4) is 0 Å². The number of rotatable bonds is 5. The smallest absolute Gasteiger partial charge is 0.289 e. The second-order valence-corrected chi connectivity index (χ2v) is 10.6. The summed E-state index contributed by atoms with van der Waals surface area (Å²) in [5.41, 5.74) is 7.36. The molecule has 2 aromatic carbocycles. The minimum Gasteiger partial charge on any atom is -0.289 e. The molecule has 0 saturated carbocycles. The topological polar surface area (TPSA) is 17.1 Å². The average molecular weight is 389 g/mol. The van der Waals surface area contributed by atoms with Gasteiger partial charge in [0.05, 0.1) is 0 Å². The molecule has 28 heavy (non-hydrogen) atoms. The first kappa shape index (κ1) is 25.2. The van der Waals surface area contributed by atoms with Crippen LogP contribution in [-0.2, 0) is 5.41 Å². The molecule has 0 spiro atoms. The van der Waals surface area contributed by atoms with Crippen LogP contribution in [0.15, 0.2) is 30.3 Å². The van der Waals surface area contributed by atoms with Crippen LogP contribution in [0.5, 0.6) is 0 Å². The summed E-state index contributed by atoms with van der Waals surface area (Å²) in [6, 6.07) is 11.1. The van der Waals surface area contributed by atoms with Crippen LogP contribution in [0.4, 0.5) is 0 Å². The van der Waals surface area contributed by atoms with Crippen LogP contribution < -0.4 is 24.2 Å². The second-order valence-electron chi connectivity index (χ2n) is 9.35. The van der Waals surface area contributed by atoms with Crippen LogP contribution in [0.25, 0.3) is 0 Å². The van der Waals surface area contributed by atoms with Crippen LogP contribution in [0, 0.1) is 13.8 Å². The van der Waals surface area contributed by atoms with Crippen molar-refractivity contribution in [3.8, 4) is 0 Å². The number of hydrogen-bond acceptors (Lipinski definition) is 1. The van der Waals surface area contributed by atoms with Gasteiger partial charge < -0.3 is 0 Å². The van der Waals surface area contributed by atoms with Crippen molar-refractivity contribution in [3.63, 3.8) is 0 Å². The van der Waals surface area contributed by atoms with Gasteiger partial charge >= 0.3 is 18.9 Å². The van der Waals surface area contributed by atoms with Gasteiger partial charge in [0.1, 0.15) is 0 Å². The van der Waals surface area contributed by atoms with Crippen molar-refractivity contribution in [1.29, 1.82) is 0 Å². The van der Waals surface area contributed by atoms with Crippen molar-refractivity contribution in [3.05, 3.63) is 63.7 Å². The van der Waals surface area contributed by atoms with E-state index >= 15 is 0 Å². The van der Waals surface area contributed by atoms with E-state index in [0.717, 1.165) is 16.7 Å². The third kappa shape index (κ3) is 5.83. The summed E-state index contributed by atoms with van der Waals surface area (Å²) in [5, 5.41) is 1.21. The molecule has 0 bridgehead atoms. The van der Waals surface area contributed by atoms with E-state index in [1.807, 2.05) is 0 Å². The van der Waals surface area contributed by atoms with Gasteiger partial charge in [0.2, 0.25) is 0 Å². The Labute approximate surface area is 186 Å². The van der Waals surface area contributed by atoms with Gasteiger partial charge in [-0.15, -0.1) is 0 Å². The first-order valence-corrected chi connectivity index (χ1v) is 11.0. The summed E-state index contributed by atoms with van der Waals surface area (Å²) in [5.74, 6) is 0.895. The predicted octanol–water partition coefficient (Wildman–Crippen LogP) is 4.00. The van der Waals surface area contributed by atoms with E-state index in [9.17, 15) is 4.79 Å². The summed E-state index contributed by atoms with van der Waals surface area (Å²) in [7, 11) is 0.174. The summed E-state index contributed by atoms with van der Waals surface area (Å²) >= 11 is 0. The molecule has 2 aromatic rings. The van der Waals surface area contributed by atoms with Crippen LogP contribution in [0.1, 0.15) is 98.5 Å². The Kier molecular flexibility index (Phi) is 8.77. The van der Waals surface area contributed by atoms with E-state index in [2.05, 4.69) is 92.6 Å². The molecule has 2 rings (SSSR count). The predicted molar refractivity (Wildman–Crippen MR) is 122 cm³/mol. The zero-order chi connectivity index (χ0) is 20.5. The van der Waals surface area contributed by atoms with Crippen molar-refractivity contribution in [2.24, 2.45) is 0 Å². The fourth-order valence-electron chi connectivity index (χ4n) is 3.48. The fraction of sp³-hybridized carbons (Fsp3) is 0.480. The Bertz CT molecular complexity index is 821. The quantitative estimate of drug-likeness (QED) is 0.558. The van der Waals surface area contributed by atoms with Gasteiger partial charge in [0, 0.05) is 5.56 Å². The molecule has 1 unspecified atom stereocenters. The van der Waals surface area contributed by atoms with Crippen molar-refractivity contribution in [2.45, 2.75) is 79.6 Å². The van der Waals surface area contributed by atoms with Gasteiger partial charge in [-0.3, -0.25) is 4.79 Å². The van der Waals surface area contributed by atoms with E-state index < -0.39 is 0 Å². The third-order valence-electron chi connectivity index (χ3n) is 5.24. The molecule has 0 radical (unpaired) electrons. The third-order valence-corrected chi connectivity index (χ3v) is 6.42. The summed E-state index contributed by atoms with van der Waals surface area (Å²) in [6.07, 6.45) is 0. The number of aryl methyl sites for hydroxylation is 2. The molecule has 1 atom stereocenters. The van der Waals surface area contributed by atoms with Crippen molar-refractivity contribution in [2.75, 3.05) is 0 Å². The van der Waals surface area contributed by atoms with E-state index in [0.29, 0.717) is 11.8 Å². The SMILES string of the molecule is Cc1cc(C(C)(C)C)cc(C)c1C(=O)Pc1cc(C(C)C)ccc1C(C)C.[Li+]. The standard InChI is InChI=1S/C25H35OP.Li/c1-15(2)19-10-11-21(16(3)4)22(14-19)27-24(26)23-17(5)12-20(13-18(23)6)25(7,8)9;/h10-16,27H,1-9H3;/q;+1. The Balaban J connectivity index is 0.00000392. The molecule has 0 aliphatic carbocycles. The van der Waals surface area contributed by atoms with Crippen molar-refractivity contribution < 1.29 is 23.7 Å². The van der Waals surface area contributed by atoms with E-state index in [-0.39, 0.29) is 38.4 Å². The van der Waals surface area contributed by atoms with E-state index in [1.54, 1.807) is 0 Å². The molecule has 3 heteroatoms. The Morgan fingerprint density at radius 3 is 1.86 bits per heavy atom. The molecule has 0 aliphatic rings. The van der Waals surface area contributed by atoms with E-state index in [4.69, 9.17) is 0 Å². The first-order valence-electron chi connectivity index (χ1n) is 9.98. The number of carbonyl (C=O) groups excluding carboxylic acids is 1. The van der Waals surface area contributed by atoms with Gasteiger partial charge in [0.25, 0.3) is 0 Å². The molecule has 0 aliphatic heterocycles. The van der Waals surface area contributed by atoms with Gasteiger partial charge in [-0.05, 0) is 72.8 Å². The first-order chi connectivity index (χ1) is 12.4. The number of benzene rings is 2. The maximum atomic E-state index is 13.3. The zero-order valence-electron chi connectivity index (χ0n) is 19.4. The van der Waals surface area contributed by atoms with Crippen LogP contribution in [0.2, 0.25) is 0 Å².